The number of piperazine rings is 1. The van der Waals surface area contributed by atoms with Crippen LogP contribution in [0.5, 0.6) is 0 Å². The summed E-state index contributed by atoms with van der Waals surface area (Å²) in [5.74, 6) is 0. The second-order valence-electron chi connectivity index (χ2n) is 5.46. The molecule has 4 heteroatoms. The smallest absolute Gasteiger partial charge is 0.0491 e. The second kappa shape index (κ2) is 6.56. The molecule has 21 heavy (non-hydrogen) atoms. The van der Waals surface area contributed by atoms with Crippen LogP contribution in [0.3, 0.4) is 0 Å². The molecule has 0 bridgehead atoms. The Labute approximate surface area is 131 Å². The van der Waals surface area contributed by atoms with E-state index in [0.29, 0.717) is 6.04 Å². The lowest BCUT2D eigenvalue weighted by atomic mass is 10.0. The Hall–Kier alpha value is -1.42. The monoisotopic (exact) mass is 301 g/mol. The molecule has 3 rings (SSSR count). The second-order valence-corrected chi connectivity index (χ2v) is 5.87. The average molecular weight is 302 g/mol. The van der Waals surface area contributed by atoms with Crippen LogP contribution in [0.25, 0.3) is 0 Å². The quantitative estimate of drug-likeness (QED) is 0.944. The summed E-state index contributed by atoms with van der Waals surface area (Å²) in [5, 5.41) is 4.32. The molecule has 2 aromatic rings. The van der Waals surface area contributed by atoms with Crippen LogP contribution in [0.2, 0.25) is 5.02 Å². The molecule has 1 unspecified atom stereocenters. The Bertz CT molecular complexity index is 614. The van der Waals surface area contributed by atoms with E-state index in [1.54, 1.807) is 0 Å². The van der Waals surface area contributed by atoms with Gasteiger partial charge in [-0.2, -0.15) is 0 Å². The lowest BCUT2D eigenvalue weighted by molar-refractivity contribution is 0.153. The molecule has 1 fully saturated rings. The standard InChI is InChI=1S/C17H20ClN3/c1-13-14(5-4-8-20-13)12-21-10-9-19-11-17(21)15-6-2-3-7-16(15)18/h2-8,17,19H,9-12H2,1H3. The number of halogens is 1. The van der Waals surface area contributed by atoms with Gasteiger partial charge in [0, 0.05) is 49.1 Å². The lowest BCUT2D eigenvalue weighted by Crippen LogP contribution is -2.45. The molecule has 1 aromatic heterocycles. The molecule has 1 aliphatic rings. The Morgan fingerprint density at radius 1 is 1.29 bits per heavy atom. The van der Waals surface area contributed by atoms with Crippen molar-refractivity contribution in [1.29, 1.82) is 0 Å². The molecule has 0 saturated carbocycles. The molecule has 1 saturated heterocycles. The number of nitrogens with one attached hydrogen (secondary N) is 1. The van der Waals surface area contributed by atoms with Gasteiger partial charge in [0.05, 0.1) is 0 Å². The number of pyridine rings is 1. The van der Waals surface area contributed by atoms with Gasteiger partial charge in [0.15, 0.2) is 0 Å². The molecule has 0 radical (unpaired) electrons. The molecular weight excluding hydrogens is 282 g/mol. The van der Waals surface area contributed by atoms with Crippen LogP contribution in [-0.2, 0) is 6.54 Å². The predicted molar refractivity (Wildman–Crippen MR) is 86.4 cm³/mol. The SMILES string of the molecule is Cc1ncccc1CN1CCNCC1c1ccccc1Cl. The summed E-state index contributed by atoms with van der Waals surface area (Å²) in [6.45, 7) is 5.95. The van der Waals surface area contributed by atoms with Gasteiger partial charge in [0.1, 0.15) is 0 Å². The highest BCUT2D eigenvalue weighted by atomic mass is 35.5. The van der Waals surface area contributed by atoms with Gasteiger partial charge in [-0.3, -0.25) is 9.88 Å². The third-order valence-electron chi connectivity index (χ3n) is 4.11. The summed E-state index contributed by atoms with van der Waals surface area (Å²) < 4.78 is 0. The summed E-state index contributed by atoms with van der Waals surface area (Å²) in [5.41, 5.74) is 3.60. The molecule has 1 aromatic carbocycles. The summed E-state index contributed by atoms with van der Waals surface area (Å²) >= 11 is 6.39. The van der Waals surface area contributed by atoms with Crippen molar-refractivity contribution in [3.05, 3.63) is 64.4 Å². The molecule has 1 atom stereocenters. The van der Waals surface area contributed by atoms with Gasteiger partial charge in [0.2, 0.25) is 0 Å². The van der Waals surface area contributed by atoms with E-state index in [-0.39, 0.29) is 0 Å². The van der Waals surface area contributed by atoms with Gasteiger partial charge in [-0.1, -0.05) is 35.9 Å². The summed E-state index contributed by atoms with van der Waals surface area (Å²) in [4.78, 5) is 6.88. The minimum absolute atomic E-state index is 0.312. The molecule has 2 heterocycles. The number of aromatic nitrogens is 1. The van der Waals surface area contributed by atoms with Gasteiger partial charge in [0.25, 0.3) is 0 Å². The molecule has 1 N–H and O–H groups in total. The van der Waals surface area contributed by atoms with Crippen molar-refractivity contribution < 1.29 is 0 Å². The molecule has 0 spiro atoms. The zero-order valence-electron chi connectivity index (χ0n) is 12.2. The van der Waals surface area contributed by atoms with Crippen LogP contribution in [0.15, 0.2) is 42.6 Å². The first kappa shape index (κ1) is 14.5. The molecule has 0 amide bonds. The van der Waals surface area contributed by atoms with Crippen molar-refractivity contribution in [2.75, 3.05) is 19.6 Å². The predicted octanol–water partition coefficient (Wildman–Crippen LogP) is 3.19. The maximum absolute atomic E-state index is 6.39. The van der Waals surface area contributed by atoms with Crippen molar-refractivity contribution in [1.82, 2.24) is 15.2 Å². The highest BCUT2D eigenvalue weighted by molar-refractivity contribution is 6.31. The van der Waals surface area contributed by atoms with Crippen LogP contribution < -0.4 is 5.32 Å². The topological polar surface area (TPSA) is 28.2 Å². The zero-order chi connectivity index (χ0) is 14.7. The Balaban J connectivity index is 1.85. The number of nitrogens with zero attached hydrogens (tertiary/aromatic N) is 2. The first-order valence-electron chi connectivity index (χ1n) is 7.35. The van der Waals surface area contributed by atoms with Crippen LogP contribution in [0.4, 0.5) is 0 Å². The molecule has 0 aliphatic carbocycles. The van der Waals surface area contributed by atoms with E-state index in [9.17, 15) is 0 Å². The average Bonchev–Trinajstić information content (AvgIpc) is 2.51. The molecule has 3 nitrogen and oxygen atoms in total. The number of rotatable bonds is 3. The van der Waals surface area contributed by atoms with Gasteiger partial charge in [-0.05, 0) is 30.2 Å². The Morgan fingerprint density at radius 3 is 2.95 bits per heavy atom. The number of aryl methyl sites for hydroxylation is 1. The summed E-state index contributed by atoms with van der Waals surface area (Å²) in [6.07, 6.45) is 1.85. The van der Waals surface area contributed by atoms with Crippen LogP contribution in [0.1, 0.15) is 22.9 Å². The maximum Gasteiger partial charge on any atom is 0.0491 e. The van der Waals surface area contributed by atoms with E-state index in [1.165, 1.54) is 11.1 Å². The fraction of sp³-hybridized carbons (Fsp3) is 0.353. The number of hydrogen-bond acceptors (Lipinski definition) is 3. The number of hydrogen-bond donors (Lipinski definition) is 1. The fourth-order valence-corrected chi connectivity index (χ4v) is 3.15. The van der Waals surface area contributed by atoms with E-state index in [0.717, 1.165) is 36.9 Å². The molecular formula is C17H20ClN3. The zero-order valence-corrected chi connectivity index (χ0v) is 13.0. The third kappa shape index (κ3) is 3.26. The highest BCUT2D eigenvalue weighted by Crippen LogP contribution is 2.29. The van der Waals surface area contributed by atoms with E-state index in [2.05, 4.69) is 40.3 Å². The Morgan fingerprint density at radius 2 is 2.14 bits per heavy atom. The highest BCUT2D eigenvalue weighted by Gasteiger charge is 2.25. The molecule has 110 valence electrons. The first-order valence-corrected chi connectivity index (χ1v) is 7.73. The Kier molecular flexibility index (Phi) is 4.54. The first-order chi connectivity index (χ1) is 10.3. The minimum atomic E-state index is 0.312. The van der Waals surface area contributed by atoms with Gasteiger partial charge in [-0.25, -0.2) is 0 Å². The van der Waals surface area contributed by atoms with E-state index in [1.807, 2.05) is 24.4 Å². The van der Waals surface area contributed by atoms with Gasteiger partial charge in [-0.15, -0.1) is 0 Å². The van der Waals surface area contributed by atoms with Gasteiger partial charge < -0.3 is 5.32 Å². The van der Waals surface area contributed by atoms with Crippen molar-refractivity contribution in [3.8, 4) is 0 Å². The van der Waals surface area contributed by atoms with Crippen LogP contribution in [-0.4, -0.2) is 29.5 Å². The normalized spacial score (nSPS) is 19.6. The third-order valence-corrected chi connectivity index (χ3v) is 4.45. The van der Waals surface area contributed by atoms with E-state index < -0.39 is 0 Å². The minimum Gasteiger partial charge on any atom is -0.314 e. The summed E-state index contributed by atoms with van der Waals surface area (Å²) in [6, 6.07) is 12.6. The van der Waals surface area contributed by atoms with E-state index in [4.69, 9.17) is 11.6 Å². The van der Waals surface area contributed by atoms with Gasteiger partial charge >= 0.3 is 0 Å². The van der Waals surface area contributed by atoms with E-state index >= 15 is 0 Å². The number of benzene rings is 1. The maximum atomic E-state index is 6.39. The largest absolute Gasteiger partial charge is 0.314 e. The van der Waals surface area contributed by atoms with Crippen molar-refractivity contribution in [2.45, 2.75) is 19.5 Å². The summed E-state index contributed by atoms with van der Waals surface area (Å²) in [7, 11) is 0. The fourth-order valence-electron chi connectivity index (χ4n) is 2.89. The van der Waals surface area contributed by atoms with Crippen molar-refractivity contribution >= 4 is 11.6 Å². The van der Waals surface area contributed by atoms with Crippen molar-refractivity contribution in [2.24, 2.45) is 0 Å². The molecule has 1 aliphatic heterocycles. The van der Waals surface area contributed by atoms with Crippen molar-refractivity contribution in [3.63, 3.8) is 0 Å². The van der Waals surface area contributed by atoms with Crippen LogP contribution in [0, 0.1) is 6.92 Å². The van der Waals surface area contributed by atoms with Crippen LogP contribution >= 0.6 is 11.6 Å². The lowest BCUT2D eigenvalue weighted by Gasteiger charge is -2.37.